The molecule has 1 unspecified atom stereocenters. The van der Waals surface area contributed by atoms with Crippen LogP contribution in [0.3, 0.4) is 0 Å². The lowest BCUT2D eigenvalue weighted by Gasteiger charge is -2.39. The maximum absolute atomic E-state index is 14.8. The zero-order valence-electron chi connectivity index (χ0n) is 25.5. The second kappa shape index (κ2) is 10.8. The van der Waals surface area contributed by atoms with Gasteiger partial charge in [0.15, 0.2) is 6.04 Å². The number of urea groups is 1. The van der Waals surface area contributed by atoms with Crippen molar-refractivity contribution in [2.24, 2.45) is 11.1 Å². The molecule has 43 heavy (non-hydrogen) atoms. The van der Waals surface area contributed by atoms with E-state index in [0.29, 0.717) is 17.8 Å². The molecule has 1 aromatic heterocycles. The second-order valence-electron chi connectivity index (χ2n) is 13.4. The lowest BCUT2D eigenvalue weighted by atomic mass is 9.87. The van der Waals surface area contributed by atoms with Gasteiger partial charge in [-0.2, -0.15) is 4.48 Å². The Hall–Kier alpha value is -4.23. The molecule has 0 bridgehead atoms. The summed E-state index contributed by atoms with van der Waals surface area (Å²) in [5.74, 6) is -0.507. The number of nitrogens with one attached hydrogen (secondary N) is 1. The molecule has 1 fully saturated rings. The van der Waals surface area contributed by atoms with Crippen molar-refractivity contribution in [3.8, 4) is 11.3 Å². The maximum Gasteiger partial charge on any atom is 0.421 e. The molecule has 3 aromatic carbocycles. The summed E-state index contributed by atoms with van der Waals surface area (Å²) >= 11 is 0. The normalized spacial score (nSPS) is 20.3. The van der Waals surface area contributed by atoms with Crippen LogP contribution in [0.15, 0.2) is 72.8 Å². The molecule has 7 heteroatoms. The monoisotopic (exact) mass is 577 g/mol. The van der Waals surface area contributed by atoms with Crippen molar-refractivity contribution in [1.29, 1.82) is 0 Å². The smallest absolute Gasteiger partial charge is 0.354 e. The number of rotatable bonds is 5. The molecule has 3 N–H and O–H groups in total. The maximum atomic E-state index is 14.8. The molecule has 1 aliphatic carbocycles. The third-order valence-electron chi connectivity index (χ3n) is 9.32. The van der Waals surface area contributed by atoms with Crippen LogP contribution in [0.4, 0.5) is 10.5 Å². The van der Waals surface area contributed by atoms with Crippen molar-refractivity contribution in [2.45, 2.75) is 71.9 Å². The molecular weight excluding hydrogens is 536 g/mol. The number of aryl methyl sites for hydroxylation is 2. The van der Waals surface area contributed by atoms with E-state index in [-0.39, 0.29) is 29.7 Å². The minimum atomic E-state index is -1.01. The first-order valence-corrected chi connectivity index (χ1v) is 15.3. The number of likely N-dealkylation sites (tertiary alicyclic amines) is 1. The van der Waals surface area contributed by atoms with Gasteiger partial charge in [-0.15, -0.1) is 0 Å². The third-order valence-corrected chi connectivity index (χ3v) is 9.32. The predicted molar refractivity (Wildman–Crippen MR) is 170 cm³/mol. The number of primary amides is 1. The first-order chi connectivity index (χ1) is 20.5. The van der Waals surface area contributed by atoms with Gasteiger partial charge in [0.2, 0.25) is 5.91 Å². The van der Waals surface area contributed by atoms with Gasteiger partial charge < -0.3 is 10.7 Å². The molecule has 2 aliphatic rings. The summed E-state index contributed by atoms with van der Waals surface area (Å²) in [5.41, 5.74) is 12.8. The van der Waals surface area contributed by atoms with Gasteiger partial charge in [0.1, 0.15) is 6.04 Å². The van der Waals surface area contributed by atoms with Gasteiger partial charge in [-0.1, -0.05) is 75.4 Å². The van der Waals surface area contributed by atoms with Crippen LogP contribution >= 0.6 is 0 Å². The number of amides is 4. The predicted octanol–water partition coefficient (Wildman–Crippen LogP) is 7.05. The highest BCUT2D eigenvalue weighted by atomic mass is 16.2. The Bertz CT molecular complexity index is 1720. The Balaban J connectivity index is 1.52. The van der Waals surface area contributed by atoms with E-state index < -0.39 is 16.6 Å². The van der Waals surface area contributed by atoms with Crippen LogP contribution in [-0.2, 0) is 22.4 Å². The van der Waals surface area contributed by atoms with Gasteiger partial charge in [-0.25, -0.2) is 9.59 Å². The van der Waals surface area contributed by atoms with Crippen molar-refractivity contribution in [3.05, 3.63) is 89.5 Å². The van der Waals surface area contributed by atoms with Crippen molar-refractivity contribution in [1.82, 2.24) is 4.98 Å². The number of nitrogens with zero attached hydrogens (tertiary/aromatic N) is 2. The van der Waals surface area contributed by atoms with Gasteiger partial charge >= 0.3 is 11.9 Å². The molecule has 4 amide bonds. The number of hydrogen-bond donors (Lipinski definition) is 2. The van der Waals surface area contributed by atoms with Gasteiger partial charge in [-0.05, 0) is 60.1 Å². The number of hydrogen-bond acceptors (Lipinski definition) is 3. The summed E-state index contributed by atoms with van der Waals surface area (Å²) in [4.78, 5) is 47.6. The summed E-state index contributed by atoms with van der Waals surface area (Å²) in [7, 11) is 0. The number of H-pyrrole nitrogens is 1. The van der Waals surface area contributed by atoms with Crippen molar-refractivity contribution in [3.63, 3.8) is 0 Å². The number of nitrogens with two attached hydrogens (primary N) is 1. The topological polar surface area (TPSA) is 96.3 Å². The van der Waals surface area contributed by atoms with E-state index in [0.717, 1.165) is 48.0 Å². The third kappa shape index (κ3) is 4.95. The minimum Gasteiger partial charge on any atom is -0.354 e. The van der Waals surface area contributed by atoms with Crippen LogP contribution in [0.5, 0.6) is 0 Å². The Kier molecular flexibility index (Phi) is 7.25. The molecular formula is C36H41N4O3+. The number of anilines is 1. The van der Waals surface area contributed by atoms with Gasteiger partial charge in [0.25, 0.3) is 0 Å². The largest absolute Gasteiger partial charge is 0.421 e. The number of aromatic amines is 1. The van der Waals surface area contributed by atoms with Crippen LogP contribution < -0.4 is 10.6 Å². The number of quaternary nitrogens is 1. The average molecular weight is 578 g/mol. The Morgan fingerprint density at radius 1 is 1.00 bits per heavy atom. The van der Waals surface area contributed by atoms with Gasteiger partial charge in [0.05, 0.1) is 6.54 Å². The van der Waals surface area contributed by atoms with E-state index in [1.54, 1.807) is 4.90 Å². The molecule has 7 nitrogen and oxygen atoms in total. The Morgan fingerprint density at radius 2 is 1.72 bits per heavy atom. The number of carbonyl (C=O) groups is 3. The fourth-order valence-electron chi connectivity index (χ4n) is 7.20. The summed E-state index contributed by atoms with van der Waals surface area (Å²) in [6.07, 6.45) is 3.38. The molecule has 6 rings (SSSR count). The summed E-state index contributed by atoms with van der Waals surface area (Å²) in [6.45, 7) is 8.31. The van der Waals surface area contributed by atoms with Gasteiger partial charge in [0, 0.05) is 47.1 Å². The molecule has 4 aromatic rings. The number of para-hydroxylation sites is 1. The van der Waals surface area contributed by atoms with E-state index in [1.165, 1.54) is 10.9 Å². The molecule has 1 saturated heterocycles. The van der Waals surface area contributed by atoms with Gasteiger partial charge in [-0.3, -0.25) is 9.69 Å². The lowest BCUT2D eigenvalue weighted by Crippen LogP contribution is -2.64. The summed E-state index contributed by atoms with van der Waals surface area (Å²) < 4.78 is -0.456. The van der Waals surface area contributed by atoms with E-state index in [4.69, 9.17) is 5.73 Å². The second-order valence-corrected chi connectivity index (χ2v) is 13.4. The molecule has 2 heterocycles. The van der Waals surface area contributed by atoms with E-state index in [9.17, 15) is 14.4 Å². The number of fused-ring (bicyclic) bond motifs is 5. The van der Waals surface area contributed by atoms with Crippen LogP contribution in [-0.4, -0.2) is 39.9 Å². The minimum absolute atomic E-state index is 0.161. The quantitative estimate of drug-likeness (QED) is 0.249. The van der Waals surface area contributed by atoms with E-state index in [1.807, 2.05) is 70.2 Å². The highest BCUT2D eigenvalue weighted by Crippen LogP contribution is 2.42. The van der Waals surface area contributed by atoms with Crippen LogP contribution in [0.2, 0.25) is 0 Å². The molecule has 0 saturated carbocycles. The molecule has 1 aliphatic heterocycles. The molecule has 0 radical (unpaired) electrons. The van der Waals surface area contributed by atoms with Crippen LogP contribution in [0.25, 0.3) is 22.2 Å². The fraction of sp³-hybridized carbons (Fsp3) is 0.361. The average Bonchev–Trinajstić information content (AvgIpc) is 3.56. The van der Waals surface area contributed by atoms with E-state index in [2.05, 4.69) is 35.3 Å². The van der Waals surface area contributed by atoms with Crippen molar-refractivity contribution in [2.75, 3.05) is 11.4 Å². The van der Waals surface area contributed by atoms with Crippen molar-refractivity contribution >= 4 is 34.4 Å². The zero-order valence-corrected chi connectivity index (χ0v) is 25.5. The Morgan fingerprint density at radius 3 is 2.40 bits per heavy atom. The molecule has 3 atom stereocenters. The Labute approximate surface area is 253 Å². The highest BCUT2D eigenvalue weighted by Gasteiger charge is 2.56. The summed E-state index contributed by atoms with van der Waals surface area (Å²) in [6, 6.07) is 21.9. The van der Waals surface area contributed by atoms with Crippen LogP contribution in [0.1, 0.15) is 69.7 Å². The van der Waals surface area contributed by atoms with Crippen LogP contribution in [0, 0.1) is 5.41 Å². The lowest BCUT2D eigenvalue weighted by molar-refractivity contribution is -0.784. The first-order valence-electron chi connectivity index (χ1n) is 15.3. The number of benzene rings is 3. The molecule has 0 spiro atoms. The number of aromatic nitrogens is 1. The van der Waals surface area contributed by atoms with E-state index >= 15 is 0 Å². The zero-order chi connectivity index (χ0) is 30.5. The first kappa shape index (κ1) is 28.9. The number of carbonyl (C=O) groups excluding carboxylic acids is 3. The highest BCUT2D eigenvalue weighted by molar-refractivity contribution is 6.02. The SMILES string of the molecule is C[C@@H]1CCC[N+]1(C(N)=O)C(=O)[C@H](c1ccccc1)N(C(=O)CC(C)(C)C)c1ccc2c(c1)CCc1c-2[nH]c2ccccc12. The standard InChI is InChI=1S/C36H40N4O3/c1-23-11-10-20-40(23,35(37)43)34(42)33(24-12-6-5-7-13-24)39(31(41)22-36(2,3)4)26-17-19-27-25(21-26)16-18-29-28-14-8-9-15-30(28)38-32(27)29/h5-9,12-15,17,19,21,23,33,38H,10-11,16,18,20,22H2,1-4H3,(H-,37,43)/p+1/t23-,33+,40?/m1/s1. The van der Waals surface area contributed by atoms with Crippen molar-refractivity contribution < 1.29 is 18.9 Å². The molecule has 222 valence electrons. The number of imide groups is 1. The summed E-state index contributed by atoms with van der Waals surface area (Å²) in [5, 5.41) is 1.24. The fourth-order valence-corrected chi connectivity index (χ4v) is 7.20.